The fourth-order valence-electron chi connectivity index (χ4n) is 1.67. The first-order valence-electron chi connectivity index (χ1n) is 6.11. The Morgan fingerprint density at radius 2 is 2.00 bits per heavy atom. The lowest BCUT2D eigenvalue weighted by Crippen LogP contribution is -2.23. The van der Waals surface area contributed by atoms with E-state index in [2.05, 4.69) is 20.0 Å². The number of hydrogen-bond donors (Lipinski definition) is 2. The van der Waals surface area contributed by atoms with Crippen LogP contribution in [0.1, 0.15) is 17.4 Å². The van der Waals surface area contributed by atoms with Crippen molar-refractivity contribution in [2.45, 2.75) is 24.8 Å². The quantitative estimate of drug-likeness (QED) is 0.847. The number of thiophene rings is 1. The number of aryl methyl sites for hydroxylation is 1. The van der Waals surface area contributed by atoms with Crippen molar-refractivity contribution in [3.63, 3.8) is 0 Å². The number of anilines is 1. The van der Waals surface area contributed by atoms with Crippen molar-refractivity contribution in [1.29, 1.82) is 0 Å². The topological polar surface area (TPSA) is 84.0 Å². The van der Waals surface area contributed by atoms with E-state index in [1.165, 1.54) is 18.0 Å². The molecule has 0 saturated carbocycles. The molecule has 0 aliphatic rings. The second-order valence-corrected chi connectivity index (χ2v) is 6.81. The standard InChI is InChI=1S/C12H16N4O2S2/c1-3-9-4-5-19-11(9)8-16-20(17,18)10-6-14-12(13-2)15-7-10/h4-7,16H,3,8H2,1-2H3,(H,13,14,15). The van der Waals surface area contributed by atoms with E-state index in [0.717, 1.165) is 11.3 Å². The summed E-state index contributed by atoms with van der Waals surface area (Å²) in [4.78, 5) is 8.90. The third-order valence-electron chi connectivity index (χ3n) is 2.80. The first kappa shape index (κ1) is 14.9. The van der Waals surface area contributed by atoms with Crippen LogP contribution in [0.2, 0.25) is 0 Å². The highest BCUT2D eigenvalue weighted by atomic mass is 32.2. The summed E-state index contributed by atoms with van der Waals surface area (Å²) in [7, 11) is -1.91. The molecule has 0 amide bonds. The van der Waals surface area contributed by atoms with Crippen molar-refractivity contribution in [2.75, 3.05) is 12.4 Å². The molecule has 0 aliphatic heterocycles. The van der Waals surface area contributed by atoms with Crippen molar-refractivity contribution < 1.29 is 8.42 Å². The maximum absolute atomic E-state index is 12.1. The summed E-state index contributed by atoms with van der Waals surface area (Å²) in [6.45, 7) is 2.33. The van der Waals surface area contributed by atoms with Crippen LogP contribution in [0.4, 0.5) is 5.95 Å². The van der Waals surface area contributed by atoms with Gasteiger partial charge in [0.15, 0.2) is 0 Å². The molecular weight excluding hydrogens is 296 g/mol. The highest BCUT2D eigenvalue weighted by molar-refractivity contribution is 7.89. The summed E-state index contributed by atoms with van der Waals surface area (Å²) in [6, 6.07) is 2.01. The summed E-state index contributed by atoms with van der Waals surface area (Å²) < 4.78 is 26.8. The van der Waals surface area contributed by atoms with Crippen LogP contribution >= 0.6 is 11.3 Å². The average molecular weight is 312 g/mol. The Morgan fingerprint density at radius 3 is 2.60 bits per heavy atom. The SMILES string of the molecule is CCc1ccsc1CNS(=O)(=O)c1cnc(NC)nc1. The van der Waals surface area contributed by atoms with Crippen LogP contribution in [0.15, 0.2) is 28.7 Å². The van der Waals surface area contributed by atoms with E-state index in [0.29, 0.717) is 5.95 Å². The Kier molecular flexibility index (Phi) is 4.69. The zero-order chi connectivity index (χ0) is 14.6. The van der Waals surface area contributed by atoms with Gasteiger partial charge in [-0.3, -0.25) is 0 Å². The predicted octanol–water partition coefficient (Wildman–Crippen LogP) is 1.62. The van der Waals surface area contributed by atoms with Gasteiger partial charge in [0, 0.05) is 18.5 Å². The highest BCUT2D eigenvalue weighted by Gasteiger charge is 2.16. The van der Waals surface area contributed by atoms with Crippen molar-refractivity contribution in [2.24, 2.45) is 0 Å². The molecule has 2 N–H and O–H groups in total. The number of aromatic nitrogens is 2. The van der Waals surface area contributed by atoms with Gasteiger partial charge in [-0.15, -0.1) is 11.3 Å². The summed E-state index contributed by atoms with van der Waals surface area (Å²) >= 11 is 1.55. The lowest BCUT2D eigenvalue weighted by atomic mass is 10.2. The third kappa shape index (κ3) is 3.33. The number of nitrogens with zero attached hydrogens (tertiary/aromatic N) is 2. The minimum Gasteiger partial charge on any atom is -0.357 e. The Hall–Kier alpha value is -1.51. The van der Waals surface area contributed by atoms with Gasteiger partial charge in [0.2, 0.25) is 16.0 Å². The Bertz CT molecular complexity index is 665. The van der Waals surface area contributed by atoms with Crippen LogP contribution in [0.5, 0.6) is 0 Å². The van der Waals surface area contributed by atoms with Gasteiger partial charge in [0.1, 0.15) is 4.90 Å². The monoisotopic (exact) mass is 312 g/mol. The van der Waals surface area contributed by atoms with Crippen molar-refractivity contribution in [3.05, 3.63) is 34.3 Å². The summed E-state index contributed by atoms with van der Waals surface area (Å²) in [5.74, 6) is 0.385. The van der Waals surface area contributed by atoms with Crippen molar-refractivity contribution >= 4 is 27.3 Å². The van der Waals surface area contributed by atoms with Crippen LogP contribution in [-0.4, -0.2) is 25.4 Å². The zero-order valence-corrected chi connectivity index (χ0v) is 12.9. The lowest BCUT2D eigenvalue weighted by molar-refractivity contribution is 0.580. The van der Waals surface area contributed by atoms with E-state index in [1.807, 2.05) is 18.4 Å². The molecule has 6 nitrogen and oxygen atoms in total. The minimum atomic E-state index is -3.58. The fourth-order valence-corrected chi connectivity index (χ4v) is 3.56. The molecule has 0 bridgehead atoms. The molecule has 8 heteroatoms. The molecule has 0 aliphatic carbocycles. The third-order valence-corrected chi connectivity index (χ3v) is 5.12. The average Bonchev–Trinajstić information content (AvgIpc) is 2.93. The molecule has 108 valence electrons. The Morgan fingerprint density at radius 1 is 1.30 bits per heavy atom. The van der Waals surface area contributed by atoms with Gasteiger partial charge in [-0.2, -0.15) is 0 Å². The first-order valence-corrected chi connectivity index (χ1v) is 8.47. The molecule has 0 fully saturated rings. The normalized spacial score (nSPS) is 11.5. The van der Waals surface area contributed by atoms with E-state index < -0.39 is 10.0 Å². The summed E-state index contributed by atoms with van der Waals surface area (Å²) in [6.07, 6.45) is 3.47. The molecule has 2 aromatic heterocycles. The van der Waals surface area contributed by atoms with Crippen LogP contribution in [-0.2, 0) is 23.0 Å². The zero-order valence-electron chi connectivity index (χ0n) is 11.3. The van der Waals surface area contributed by atoms with E-state index >= 15 is 0 Å². The molecule has 2 heterocycles. The molecule has 0 spiro atoms. The minimum absolute atomic E-state index is 0.0612. The molecular formula is C12H16N4O2S2. The Balaban J connectivity index is 2.10. The maximum Gasteiger partial charge on any atom is 0.243 e. The number of rotatable bonds is 6. The smallest absolute Gasteiger partial charge is 0.243 e. The number of sulfonamides is 1. The largest absolute Gasteiger partial charge is 0.357 e. The summed E-state index contributed by atoms with van der Waals surface area (Å²) in [5, 5.41) is 4.70. The van der Waals surface area contributed by atoms with Gasteiger partial charge in [-0.1, -0.05) is 6.92 Å². The van der Waals surface area contributed by atoms with E-state index in [9.17, 15) is 8.42 Å². The second-order valence-electron chi connectivity index (χ2n) is 4.04. The van der Waals surface area contributed by atoms with Crippen LogP contribution in [0.25, 0.3) is 0 Å². The fraction of sp³-hybridized carbons (Fsp3) is 0.333. The molecule has 20 heavy (non-hydrogen) atoms. The van der Waals surface area contributed by atoms with Gasteiger partial charge in [0.25, 0.3) is 0 Å². The number of hydrogen-bond acceptors (Lipinski definition) is 6. The van der Waals surface area contributed by atoms with E-state index in [1.54, 1.807) is 18.4 Å². The van der Waals surface area contributed by atoms with Gasteiger partial charge >= 0.3 is 0 Å². The number of nitrogens with one attached hydrogen (secondary N) is 2. The lowest BCUT2D eigenvalue weighted by Gasteiger charge is -2.07. The van der Waals surface area contributed by atoms with E-state index in [-0.39, 0.29) is 11.4 Å². The molecule has 0 radical (unpaired) electrons. The highest BCUT2D eigenvalue weighted by Crippen LogP contribution is 2.18. The van der Waals surface area contributed by atoms with Gasteiger partial charge in [0.05, 0.1) is 12.4 Å². The van der Waals surface area contributed by atoms with Crippen LogP contribution < -0.4 is 10.0 Å². The maximum atomic E-state index is 12.1. The molecule has 0 unspecified atom stereocenters. The predicted molar refractivity (Wildman–Crippen MR) is 79.3 cm³/mol. The molecule has 2 aromatic rings. The second kappa shape index (κ2) is 6.29. The van der Waals surface area contributed by atoms with Crippen LogP contribution in [0.3, 0.4) is 0 Å². The molecule has 0 saturated heterocycles. The van der Waals surface area contributed by atoms with Gasteiger partial charge < -0.3 is 5.32 Å². The van der Waals surface area contributed by atoms with Gasteiger partial charge in [-0.25, -0.2) is 23.1 Å². The van der Waals surface area contributed by atoms with Gasteiger partial charge in [-0.05, 0) is 23.4 Å². The molecule has 0 atom stereocenters. The first-order chi connectivity index (χ1) is 9.56. The molecule has 2 rings (SSSR count). The van der Waals surface area contributed by atoms with Crippen molar-refractivity contribution in [3.8, 4) is 0 Å². The Labute approximate surface area is 122 Å². The molecule has 0 aromatic carbocycles. The summed E-state index contributed by atoms with van der Waals surface area (Å²) in [5.41, 5.74) is 1.17. The van der Waals surface area contributed by atoms with Crippen LogP contribution in [0, 0.1) is 0 Å². The van der Waals surface area contributed by atoms with E-state index in [4.69, 9.17) is 0 Å². The van der Waals surface area contributed by atoms with Crippen molar-refractivity contribution in [1.82, 2.24) is 14.7 Å².